The van der Waals surface area contributed by atoms with E-state index in [4.69, 9.17) is 5.73 Å². The summed E-state index contributed by atoms with van der Waals surface area (Å²) in [5, 5.41) is 3.03. The standard InChI is InChI=1S/C20H23F3N4O.2ClH/c21-20(22,23)15-6-7-18(25-13-15)27-11-9-16(10-12-27)26-19(28)8-5-14-3-1-2-4-17(14)24;;/h1-4,6-7,13,16H,5,8-12,24H2,(H,26,28);2*1H. The topological polar surface area (TPSA) is 71.2 Å². The van der Waals surface area contributed by atoms with E-state index in [9.17, 15) is 18.0 Å². The fourth-order valence-corrected chi connectivity index (χ4v) is 3.30. The Morgan fingerprint density at radius 3 is 2.37 bits per heavy atom. The molecule has 3 rings (SSSR count). The van der Waals surface area contributed by atoms with Crippen LogP contribution in [0.15, 0.2) is 42.6 Å². The number of carbonyl (C=O) groups excluding carboxylic acids is 1. The van der Waals surface area contributed by atoms with Crippen molar-refractivity contribution in [1.29, 1.82) is 0 Å². The predicted octanol–water partition coefficient (Wildman–Crippen LogP) is 4.24. The van der Waals surface area contributed by atoms with Gasteiger partial charge < -0.3 is 16.0 Å². The van der Waals surface area contributed by atoms with E-state index in [1.54, 1.807) is 0 Å². The molecule has 0 saturated carbocycles. The Kier molecular flexibility index (Phi) is 9.71. The molecule has 2 heterocycles. The summed E-state index contributed by atoms with van der Waals surface area (Å²) in [5.41, 5.74) is 6.78. The highest BCUT2D eigenvalue weighted by Crippen LogP contribution is 2.29. The quantitative estimate of drug-likeness (QED) is 0.648. The highest BCUT2D eigenvalue weighted by atomic mass is 35.5. The monoisotopic (exact) mass is 464 g/mol. The molecular weight excluding hydrogens is 440 g/mol. The lowest BCUT2D eigenvalue weighted by atomic mass is 10.0. The molecule has 1 aliphatic heterocycles. The number of aryl methyl sites for hydroxylation is 1. The number of nitrogen functional groups attached to an aromatic ring is 1. The van der Waals surface area contributed by atoms with Gasteiger partial charge in [-0.3, -0.25) is 4.79 Å². The van der Waals surface area contributed by atoms with E-state index in [-0.39, 0.29) is 36.8 Å². The number of hydrogen-bond donors (Lipinski definition) is 2. The van der Waals surface area contributed by atoms with Crippen LogP contribution in [0.2, 0.25) is 0 Å². The van der Waals surface area contributed by atoms with Gasteiger partial charge in [0.15, 0.2) is 0 Å². The maximum absolute atomic E-state index is 12.6. The molecule has 1 aromatic heterocycles. The Bertz CT molecular complexity index is 810. The van der Waals surface area contributed by atoms with Crippen LogP contribution in [0.1, 0.15) is 30.4 Å². The minimum Gasteiger partial charge on any atom is -0.399 e. The van der Waals surface area contributed by atoms with Gasteiger partial charge >= 0.3 is 6.18 Å². The molecule has 1 saturated heterocycles. The van der Waals surface area contributed by atoms with Gasteiger partial charge in [-0.15, -0.1) is 24.8 Å². The number of anilines is 2. The molecule has 1 aliphatic rings. The van der Waals surface area contributed by atoms with Crippen molar-refractivity contribution in [2.75, 3.05) is 23.7 Å². The highest BCUT2D eigenvalue weighted by molar-refractivity contribution is 5.85. The van der Waals surface area contributed by atoms with Crippen LogP contribution in [-0.4, -0.2) is 30.0 Å². The molecule has 5 nitrogen and oxygen atoms in total. The summed E-state index contributed by atoms with van der Waals surface area (Å²) in [6.45, 7) is 1.27. The summed E-state index contributed by atoms with van der Waals surface area (Å²) in [6, 6.07) is 9.99. The van der Waals surface area contributed by atoms with E-state index < -0.39 is 11.7 Å². The van der Waals surface area contributed by atoms with Crippen LogP contribution < -0.4 is 16.0 Å². The Morgan fingerprint density at radius 1 is 1.13 bits per heavy atom. The van der Waals surface area contributed by atoms with Gasteiger partial charge in [0.2, 0.25) is 5.91 Å². The number of hydrogen-bond acceptors (Lipinski definition) is 4. The minimum absolute atomic E-state index is 0. The normalized spacial score (nSPS) is 14.4. The maximum Gasteiger partial charge on any atom is 0.417 e. The third-order valence-corrected chi connectivity index (χ3v) is 4.94. The smallest absolute Gasteiger partial charge is 0.399 e. The number of nitrogens with two attached hydrogens (primary N) is 1. The summed E-state index contributed by atoms with van der Waals surface area (Å²) in [7, 11) is 0. The zero-order valence-corrected chi connectivity index (χ0v) is 17.8. The van der Waals surface area contributed by atoms with Crippen molar-refractivity contribution in [3.63, 3.8) is 0 Å². The van der Waals surface area contributed by atoms with Gasteiger partial charge in [-0.25, -0.2) is 4.98 Å². The number of rotatable bonds is 5. The molecule has 0 radical (unpaired) electrons. The molecule has 1 amide bonds. The number of piperidine rings is 1. The van der Waals surface area contributed by atoms with Crippen LogP contribution in [-0.2, 0) is 17.4 Å². The van der Waals surface area contributed by atoms with E-state index in [0.29, 0.717) is 37.4 Å². The summed E-state index contributed by atoms with van der Waals surface area (Å²) >= 11 is 0. The number of amides is 1. The zero-order valence-electron chi connectivity index (χ0n) is 16.2. The van der Waals surface area contributed by atoms with Gasteiger partial charge in [0.05, 0.1) is 5.56 Å². The first-order valence-corrected chi connectivity index (χ1v) is 9.24. The Morgan fingerprint density at radius 2 is 1.80 bits per heavy atom. The van der Waals surface area contributed by atoms with Crippen LogP contribution in [0.25, 0.3) is 0 Å². The molecule has 2 aromatic rings. The van der Waals surface area contributed by atoms with E-state index in [2.05, 4.69) is 10.3 Å². The second-order valence-electron chi connectivity index (χ2n) is 6.93. The molecule has 0 bridgehead atoms. The molecule has 30 heavy (non-hydrogen) atoms. The average Bonchev–Trinajstić information content (AvgIpc) is 2.67. The molecule has 1 fully saturated rings. The third kappa shape index (κ3) is 6.95. The summed E-state index contributed by atoms with van der Waals surface area (Å²) in [4.78, 5) is 18.1. The second kappa shape index (κ2) is 11.3. The van der Waals surface area contributed by atoms with Crippen molar-refractivity contribution in [2.45, 2.75) is 37.9 Å². The lowest BCUT2D eigenvalue weighted by Gasteiger charge is -2.33. The molecule has 166 valence electrons. The average molecular weight is 465 g/mol. The summed E-state index contributed by atoms with van der Waals surface area (Å²) in [6.07, 6.45) is -1.11. The molecular formula is C20H25Cl2F3N4O. The van der Waals surface area contributed by atoms with Gasteiger partial charge in [0.25, 0.3) is 0 Å². The number of pyridine rings is 1. The lowest BCUT2D eigenvalue weighted by Crippen LogP contribution is -2.45. The van der Waals surface area contributed by atoms with E-state index >= 15 is 0 Å². The lowest BCUT2D eigenvalue weighted by molar-refractivity contribution is -0.137. The van der Waals surface area contributed by atoms with Crippen LogP contribution in [0.5, 0.6) is 0 Å². The van der Waals surface area contributed by atoms with E-state index in [1.165, 1.54) is 6.07 Å². The maximum atomic E-state index is 12.6. The number of nitrogens with one attached hydrogen (secondary N) is 1. The van der Waals surface area contributed by atoms with Crippen LogP contribution in [0, 0.1) is 0 Å². The number of para-hydroxylation sites is 1. The number of alkyl halides is 3. The fraction of sp³-hybridized carbons (Fsp3) is 0.400. The van der Waals surface area contributed by atoms with Crippen molar-refractivity contribution in [3.05, 3.63) is 53.7 Å². The first-order chi connectivity index (χ1) is 13.3. The Balaban J connectivity index is 0.00000225. The van der Waals surface area contributed by atoms with Crippen molar-refractivity contribution in [3.8, 4) is 0 Å². The molecule has 0 spiro atoms. The third-order valence-electron chi connectivity index (χ3n) is 4.94. The number of benzene rings is 1. The predicted molar refractivity (Wildman–Crippen MR) is 116 cm³/mol. The number of aromatic nitrogens is 1. The first-order valence-electron chi connectivity index (χ1n) is 9.24. The largest absolute Gasteiger partial charge is 0.417 e. The zero-order chi connectivity index (χ0) is 20.1. The Labute approximate surface area is 186 Å². The second-order valence-corrected chi connectivity index (χ2v) is 6.93. The van der Waals surface area contributed by atoms with Crippen molar-refractivity contribution >= 4 is 42.2 Å². The minimum atomic E-state index is -4.38. The van der Waals surface area contributed by atoms with Crippen molar-refractivity contribution in [2.24, 2.45) is 0 Å². The molecule has 1 aromatic carbocycles. The Hall–Kier alpha value is -2.19. The summed E-state index contributed by atoms with van der Waals surface area (Å²) < 4.78 is 37.9. The van der Waals surface area contributed by atoms with Gasteiger partial charge in [-0.05, 0) is 43.0 Å². The number of halogens is 5. The van der Waals surface area contributed by atoms with Gasteiger partial charge in [0, 0.05) is 37.4 Å². The molecule has 10 heteroatoms. The molecule has 3 N–H and O–H groups in total. The van der Waals surface area contributed by atoms with E-state index in [1.807, 2.05) is 29.2 Å². The van der Waals surface area contributed by atoms with E-state index in [0.717, 1.165) is 30.7 Å². The number of nitrogens with zero attached hydrogens (tertiary/aromatic N) is 2. The molecule has 0 atom stereocenters. The highest BCUT2D eigenvalue weighted by Gasteiger charge is 2.31. The summed E-state index contributed by atoms with van der Waals surface area (Å²) in [5.74, 6) is 0.506. The fourth-order valence-electron chi connectivity index (χ4n) is 3.30. The van der Waals surface area contributed by atoms with Crippen molar-refractivity contribution in [1.82, 2.24) is 10.3 Å². The van der Waals surface area contributed by atoms with Crippen LogP contribution in [0.4, 0.5) is 24.7 Å². The first kappa shape index (κ1) is 25.8. The van der Waals surface area contributed by atoms with Crippen LogP contribution in [0.3, 0.4) is 0 Å². The van der Waals surface area contributed by atoms with Gasteiger partial charge in [-0.1, -0.05) is 18.2 Å². The molecule has 0 unspecified atom stereocenters. The van der Waals surface area contributed by atoms with Gasteiger partial charge in [-0.2, -0.15) is 13.2 Å². The van der Waals surface area contributed by atoms with Crippen LogP contribution >= 0.6 is 24.8 Å². The van der Waals surface area contributed by atoms with Gasteiger partial charge in [0.1, 0.15) is 5.82 Å². The molecule has 0 aliphatic carbocycles. The number of carbonyl (C=O) groups is 1. The SMILES string of the molecule is Cl.Cl.Nc1ccccc1CCC(=O)NC1CCN(c2ccc(C(F)(F)F)cn2)CC1. The van der Waals surface area contributed by atoms with Crippen molar-refractivity contribution < 1.29 is 18.0 Å².